The van der Waals surface area contributed by atoms with Crippen LogP contribution in [0.15, 0.2) is 60.9 Å². The standard InChI is InChI=1S/C26H23F4N7O2/c1-31-9-11-37(15-38)25-32-14-22(23(34-25)16-6-4-3-5-7-16)33-24(39)18-12-17(21-8-10-36(2)35-21)19(13-20(18)27)26(28,29)30/h3-8,10,12-15,31H,9,11H2,1-2H3,(H,33,39). The van der Waals surface area contributed by atoms with E-state index in [0.29, 0.717) is 18.5 Å². The van der Waals surface area contributed by atoms with E-state index in [1.807, 2.05) is 0 Å². The molecule has 202 valence electrons. The monoisotopic (exact) mass is 541 g/mol. The van der Waals surface area contributed by atoms with Crippen LogP contribution < -0.4 is 15.5 Å². The topological polar surface area (TPSA) is 105 Å². The summed E-state index contributed by atoms with van der Waals surface area (Å²) in [5.74, 6) is -2.32. The first-order valence-corrected chi connectivity index (χ1v) is 11.6. The zero-order valence-electron chi connectivity index (χ0n) is 20.8. The van der Waals surface area contributed by atoms with Crippen LogP contribution in [0.2, 0.25) is 0 Å². The molecule has 0 atom stereocenters. The van der Waals surface area contributed by atoms with Gasteiger partial charge in [-0.3, -0.25) is 19.2 Å². The molecule has 4 rings (SSSR count). The quantitative estimate of drug-likeness (QED) is 0.244. The number of nitrogens with one attached hydrogen (secondary N) is 2. The molecule has 0 bridgehead atoms. The zero-order chi connectivity index (χ0) is 28.2. The highest BCUT2D eigenvalue weighted by Gasteiger charge is 2.36. The minimum atomic E-state index is -4.88. The highest BCUT2D eigenvalue weighted by atomic mass is 19.4. The fraction of sp³-hybridized carbons (Fsp3) is 0.192. The summed E-state index contributed by atoms with van der Waals surface area (Å²) in [6.07, 6.45) is -1.63. The largest absolute Gasteiger partial charge is 0.417 e. The number of hydrogen-bond acceptors (Lipinski definition) is 6. The molecule has 0 aliphatic rings. The molecule has 0 radical (unpaired) electrons. The SMILES string of the molecule is CNCCN(C=O)c1ncc(NC(=O)c2cc(-c3ccn(C)n3)c(C(F)(F)F)cc2F)c(-c2ccccc2)n1. The van der Waals surface area contributed by atoms with Crippen molar-refractivity contribution in [3.8, 4) is 22.5 Å². The van der Waals surface area contributed by atoms with Crippen LogP contribution in [0.25, 0.3) is 22.5 Å². The van der Waals surface area contributed by atoms with E-state index in [1.54, 1.807) is 37.4 Å². The number of likely N-dealkylation sites (N-methyl/N-ethyl adjacent to an activating group) is 1. The molecule has 0 spiro atoms. The Hall–Kier alpha value is -4.65. The van der Waals surface area contributed by atoms with Crippen molar-refractivity contribution in [2.24, 2.45) is 7.05 Å². The van der Waals surface area contributed by atoms with E-state index in [2.05, 4.69) is 25.7 Å². The normalized spacial score (nSPS) is 11.3. The molecular weight excluding hydrogens is 518 g/mol. The summed E-state index contributed by atoms with van der Waals surface area (Å²) in [5.41, 5.74) is -1.57. The summed E-state index contributed by atoms with van der Waals surface area (Å²) >= 11 is 0. The van der Waals surface area contributed by atoms with Crippen molar-refractivity contribution in [3.05, 3.63) is 77.9 Å². The third-order valence-electron chi connectivity index (χ3n) is 5.71. The second kappa shape index (κ2) is 11.4. The predicted octanol–water partition coefficient (Wildman–Crippen LogP) is 4.14. The van der Waals surface area contributed by atoms with E-state index in [9.17, 15) is 27.2 Å². The molecule has 2 amide bonds. The summed E-state index contributed by atoms with van der Waals surface area (Å²) in [5, 5.41) is 9.40. The fourth-order valence-electron chi connectivity index (χ4n) is 3.79. The maximum absolute atomic E-state index is 14.9. The van der Waals surface area contributed by atoms with Crippen LogP contribution in [-0.4, -0.2) is 52.2 Å². The van der Waals surface area contributed by atoms with Gasteiger partial charge in [-0.15, -0.1) is 0 Å². The minimum Gasteiger partial charge on any atom is -0.319 e. The molecular formula is C26H23F4N7O2. The molecule has 2 aromatic carbocycles. The highest BCUT2D eigenvalue weighted by Crippen LogP contribution is 2.38. The number of aromatic nitrogens is 4. The lowest BCUT2D eigenvalue weighted by atomic mass is 9.99. The number of alkyl halides is 3. The number of carbonyl (C=O) groups is 2. The molecule has 0 aliphatic carbocycles. The van der Waals surface area contributed by atoms with Gasteiger partial charge >= 0.3 is 6.18 Å². The Morgan fingerprint density at radius 1 is 1.15 bits per heavy atom. The number of rotatable bonds is 9. The van der Waals surface area contributed by atoms with Crippen molar-refractivity contribution in [1.29, 1.82) is 0 Å². The Balaban J connectivity index is 1.76. The molecule has 0 unspecified atom stereocenters. The Morgan fingerprint density at radius 2 is 1.90 bits per heavy atom. The molecule has 2 heterocycles. The number of hydrogen-bond donors (Lipinski definition) is 2. The van der Waals surface area contributed by atoms with Gasteiger partial charge in [0.15, 0.2) is 0 Å². The Bertz CT molecular complexity index is 1490. The van der Waals surface area contributed by atoms with Gasteiger partial charge in [0.1, 0.15) is 5.82 Å². The molecule has 2 aromatic heterocycles. The lowest BCUT2D eigenvalue weighted by Gasteiger charge is -2.18. The number of amides is 2. The van der Waals surface area contributed by atoms with Gasteiger partial charge in [-0.1, -0.05) is 30.3 Å². The molecule has 13 heteroatoms. The number of benzene rings is 2. The molecule has 0 aliphatic heterocycles. The van der Waals surface area contributed by atoms with Gasteiger partial charge in [0.05, 0.1) is 34.4 Å². The summed E-state index contributed by atoms with van der Waals surface area (Å²) in [4.78, 5) is 34.7. The Morgan fingerprint density at radius 3 is 2.51 bits per heavy atom. The lowest BCUT2D eigenvalue weighted by molar-refractivity contribution is -0.137. The van der Waals surface area contributed by atoms with E-state index in [1.165, 1.54) is 35.1 Å². The second-order valence-electron chi connectivity index (χ2n) is 8.40. The van der Waals surface area contributed by atoms with E-state index >= 15 is 0 Å². The van der Waals surface area contributed by atoms with E-state index in [4.69, 9.17) is 0 Å². The molecule has 39 heavy (non-hydrogen) atoms. The summed E-state index contributed by atoms with van der Waals surface area (Å²) in [7, 11) is 3.24. The molecule has 0 fully saturated rings. The van der Waals surface area contributed by atoms with Crippen molar-refractivity contribution in [3.63, 3.8) is 0 Å². The van der Waals surface area contributed by atoms with Crippen molar-refractivity contribution in [1.82, 2.24) is 25.1 Å². The van der Waals surface area contributed by atoms with E-state index < -0.39 is 34.6 Å². The summed E-state index contributed by atoms with van der Waals surface area (Å²) in [6, 6.07) is 11.1. The number of anilines is 2. The van der Waals surface area contributed by atoms with E-state index in [-0.39, 0.29) is 35.6 Å². The lowest BCUT2D eigenvalue weighted by Crippen LogP contribution is -2.31. The Labute approximate surface area is 220 Å². The maximum atomic E-state index is 14.9. The van der Waals surface area contributed by atoms with Crippen molar-refractivity contribution >= 4 is 24.0 Å². The number of aryl methyl sites for hydroxylation is 1. The van der Waals surface area contributed by atoms with Gasteiger partial charge in [0, 0.05) is 37.5 Å². The van der Waals surface area contributed by atoms with Crippen molar-refractivity contribution in [2.45, 2.75) is 6.18 Å². The first-order chi connectivity index (χ1) is 18.6. The van der Waals surface area contributed by atoms with Crippen molar-refractivity contribution < 1.29 is 27.2 Å². The molecule has 0 saturated carbocycles. The van der Waals surface area contributed by atoms with Crippen LogP contribution in [0.5, 0.6) is 0 Å². The van der Waals surface area contributed by atoms with Gasteiger partial charge in [0.25, 0.3) is 5.91 Å². The summed E-state index contributed by atoms with van der Waals surface area (Å²) in [6.45, 7) is 0.736. The van der Waals surface area contributed by atoms with Gasteiger partial charge < -0.3 is 10.6 Å². The zero-order valence-corrected chi connectivity index (χ0v) is 20.8. The second-order valence-corrected chi connectivity index (χ2v) is 8.40. The van der Waals surface area contributed by atoms with Gasteiger partial charge in [-0.2, -0.15) is 18.3 Å². The van der Waals surface area contributed by atoms with Crippen LogP contribution in [0.1, 0.15) is 15.9 Å². The number of carbonyl (C=O) groups excluding carboxylic acids is 2. The smallest absolute Gasteiger partial charge is 0.319 e. The maximum Gasteiger partial charge on any atom is 0.417 e. The van der Waals surface area contributed by atoms with Crippen LogP contribution in [0.3, 0.4) is 0 Å². The minimum absolute atomic E-state index is 0.0631. The molecule has 4 aromatic rings. The molecule has 0 saturated heterocycles. The van der Waals surface area contributed by atoms with Crippen LogP contribution in [0, 0.1) is 5.82 Å². The molecule has 9 nitrogen and oxygen atoms in total. The molecule has 2 N–H and O–H groups in total. The Kier molecular flexibility index (Phi) is 8.00. The highest BCUT2D eigenvalue weighted by molar-refractivity contribution is 6.07. The number of nitrogens with zero attached hydrogens (tertiary/aromatic N) is 5. The predicted molar refractivity (Wildman–Crippen MR) is 136 cm³/mol. The van der Waals surface area contributed by atoms with Crippen LogP contribution in [-0.2, 0) is 18.0 Å². The van der Waals surface area contributed by atoms with E-state index in [0.717, 1.165) is 6.07 Å². The average Bonchev–Trinajstić information content (AvgIpc) is 3.35. The fourth-order valence-corrected chi connectivity index (χ4v) is 3.79. The van der Waals surface area contributed by atoms with Gasteiger partial charge in [-0.25, -0.2) is 14.4 Å². The van der Waals surface area contributed by atoms with Crippen molar-refractivity contribution in [2.75, 3.05) is 30.4 Å². The van der Waals surface area contributed by atoms with Crippen LogP contribution in [0.4, 0.5) is 29.2 Å². The van der Waals surface area contributed by atoms with Crippen LogP contribution >= 0.6 is 0 Å². The third kappa shape index (κ3) is 6.09. The first-order valence-electron chi connectivity index (χ1n) is 11.6. The number of halogens is 4. The third-order valence-corrected chi connectivity index (χ3v) is 5.71. The average molecular weight is 542 g/mol. The summed E-state index contributed by atoms with van der Waals surface area (Å²) < 4.78 is 57.3. The first kappa shape index (κ1) is 27.4. The van der Waals surface area contributed by atoms with Gasteiger partial charge in [-0.05, 0) is 25.2 Å². The van der Waals surface area contributed by atoms with Gasteiger partial charge in [0.2, 0.25) is 12.4 Å².